The lowest BCUT2D eigenvalue weighted by atomic mass is 10.1. The first kappa shape index (κ1) is 17.6. The zero-order valence-corrected chi connectivity index (χ0v) is 15.4. The summed E-state index contributed by atoms with van der Waals surface area (Å²) in [6.45, 7) is 1.94. The monoisotopic (exact) mass is 374 g/mol. The van der Waals surface area contributed by atoms with Gasteiger partial charge in [-0.3, -0.25) is 9.59 Å². The number of rotatable bonds is 3. The highest BCUT2D eigenvalue weighted by Gasteiger charge is 2.22. The lowest BCUT2D eigenvalue weighted by molar-refractivity contribution is 0.101. The number of anilines is 2. The van der Waals surface area contributed by atoms with Gasteiger partial charge in [-0.2, -0.15) is 0 Å². The summed E-state index contributed by atoms with van der Waals surface area (Å²) in [5, 5.41) is 5.65. The number of amides is 2. The van der Waals surface area contributed by atoms with Gasteiger partial charge in [-0.05, 0) is 55.0 Å². The standard InChI is InChI=1S/C22H18N2O4/c1-13-7-9-20-17(11-13)24-22(26)16-12-14(8-10-19(16)28-20)23-21(25)15-5-3-4-6-18(15)27-2/h3-12H,1-2H3,(H,23,25)(H,24,26). The molecule has 1 aliphatic rings. The molecule has 6 nitrogen and oxygen atoms in total. The first-order chi connectivity index (χ1) is 13.5. The molecule has 0 fully saturated rings. The van der Waals surface area contributed by atoms with Gasteiger partial charge >= 0.3 is 0 Å². The third-order valence-corrected chi connectivity index (χ3v) is 4.44. The van der Waals surface area contributed by atoms with Crippen LogP contribution in [0.2, 0.25) is 0 Å². The summed E-state index contributed by atoms with van der Waals surface area (Å²) in [5.41, 5.74) is 2.85. The van der Waals surface area contributed by atoms with Crippen LogP contribution in [0.5, 0.6) is 17.2 Å². The minimum atomic E-state index is -0.328. The maximum absolute atomic E-state index is 12.7. The molecule has 6 heteroatoms. The van der Waals surface area contributed by atoms with E-state index in [1.54, 1.807) is 42.5 Å². The number of fused-ring (bicyclic) bond motifs is 2. The lowest BCUT2D eigenvalue weighted by Crippen LogP contribution is -2.15. The molecule has 1 heterocycles. The van der Waals surface area contributed by atoms with Crippen LogP contribution in [0, 0.1) is 6.92 Å². The molecule has 0 unspecified atom stereocenters. The normalized spacial score (nSPS) is 12.0. The van der Waals surface area contributed by atoms with E-state index in [2.05, 4.69) is 10.6 Å². The first-order valence-corrected chi connectivity index (χ1v) is 8.73. The summed E-state index contributed by atoms with van der Waals surface area (Å²) in [6.07, 6.45) is 0. The molecule has 2 amide bonds. The van der Waals surface area contributed by atoms with Gasteiger partial charge in [0.25, 0.3) is 11.8 Å². The summed E-state index contributed by atoms with van der Waals surface area (Å²) < 4.78 is 11.1. The second-order valence-corrected chi connectivity index (χ2v) is 6.42. The molecule has 28 heavy (non-hydrogen) atoms. The molecule has 0 atom stereocenters. The summed E-state index contributed by atoms with van der Waals surface area (Å²) in [5.74, 6) is 0.847. The Morgan fingerprint density at radius 1 is 1.04 bits per heavy atom. The summed E-state index contributed by atoms with van der Waals surface area (Å²) in [6, 6.07) is 17.5. The number of hydrogen-bond acceptors (Lipinski definition) is 4. The van der Waals surface area contributed by atoms with Crippen LogP contribution >= 0.6 is 0 Å². The van der Waals surface area contributed by atoms with Crippen LogP contribution in [0.1, 0.15) is 26.3 Å². The Bertz CT molecular complexity index is 1090. The highest BCUT2D eigenvalue weighted by molar-refractivity contribution is 6.10. The molecule has 0 saturated heterocycles. The second-order valence-electron chi connectivity index (χ2n) is 6.42. The van der Waals surface area contributed by atoms with Gasteiger partial charge in [-0.1, -0.05) is 18.2 Å². The van der Waals surface area contributed by atoms with E-state index in [0.29, 0.717) is 39.8 Å². The van der Waals surface area contributed by atoms with Gasteiger partial charge in [0.2, 0.25) is 0 Å². The van der Waals surface area contributed by atoms with Crippen LogP contribution in [0.25, 0.3) is 0 Å². The van der Waals surface area contributed by atoms with Crippen molar-refractivity contribution in [1.29, 1.82) is 0 Å². The van der Waals surface area contributed by atoms with Crippen molar-refractivity contribution >= 4 is 23.2 Å². The van der Waals surface area contributed by atoms with Gasteiger partial charge in [0.05, 0.1) is 23.9 Å². The second kappa shape index (κ2) is 7.08. The van der Waals surface area contributed by atoms with Crippen molar-refractivity contribution in [3.63, 3.8) is 0 Å². The maximum atomic E-state index is 12.7. The van der Waals surface area contributed by atoms with Crippen molar-refractivity contribution in [2.45, 2.75) is 6.92 Å². The highest BCUT2D eigenvalue weighted by atomic mass is 16.5. The van der Waals surface area contributed by atoms with Crippen LogP contribution in [-0.2, 0) is 0 Å². The summed E-state index contributed by atoms with van der Waals surface area (Å²) >= 11 is 0. The van der Waals surface area contributed by atoms with E-state index >= 15 is 0 Å². The number of methoxy groups -OCH3 is 1. The fraction of sp³-hybridized carbons (Fsp3) is 0.0909. The Hall–Kier alpha value is -3.80. The number of ether oxygens (including phenoxy) is 2. The van der Waals surface area contributed by atoms with Crippen molar-refractivity contribution in [3.8, 4) is 17.2 Å². The number of benzene rings is 3. The molecule has 0 aliphatic carbocycles. The van der Waals surface area contributed by atoms with Gasteiger partial charge in [0, 0.05) is 5.69 Å². The molecule has 4 rings (SSSR count). The van der Waals surface area contributed by atoms with Crippen molar-refractivity contribution in [1.82, 2.24) is 0 Å². The van der Waals surface area contributed by atoms with Gasteiger partial charge in [0.15, 0.2) is 5.75 Å². The number of aryl methyl sites for hydroxylation is 1. The molecular weight excluding hydrogens is 356 g/mol. The Kier molecular flexibility index (Phi) is 4.45. The predicted octanol–water partition coefficient (Wildman–Crippen LogP) is 4.61. The van der Waals surface area contributed by atoms with E-state index in [0.717, 1.165) is 5.56 Å². The van der Waals surface area contributed by atoms with Crippen LogP contribution in [-0.4, -0.2) is 18.9 Å². The zero-order valence-electron chi connectivity index (χ0n) is 15.4. The molecule has 0 spiro atoms. The van der Waals surface area contributed by atoms with E-state index < -0.39 is 0 Å². The molecule has 3 aromatic rings. The fourth-order valence-corrected chi connectivity index (χ4v) is 3.04. The average molecular weight is 374 g/mol. The number of nitrogens with one attached hydrogen (secondary N) is 2. The largest absolute Gasteiger partial charge is 0.496 e. The van der Waals surface area contributed by atoms with Crippen LogP contribution in [0.4, 0.5) is 11.4 Å². The summed E-state index contributed by atoms with van der Waals surface area (Å²) in [7, 11) is 1.51. The van der Waals surface area contributed by atoms with Crippen LogP contribution in [0.3, 0.4) is 0 Å². The Morgan fingerprint density at radius 3 is 2.64 bits per heavy atom. The Labute approximate surface area is 162 Å². The Morgan fingerprint density at radius 2 is 1.82 bits per heavy atom. The molecule has 2 N–H and O–H groups in total. The topological polar surface area (TPSA) is 76.7 Å². The molecule has 0 radical (unpaired) electrons. The molecule has 1 aliphatic heterocycles. The van der Waals surface area contributed by atoms with Crippen molar-refractivity contribution in [3.05, 3.63) is 77.4 Å². The molecule has 0 saturated carbocycles. The third kappa shape index (κ3) is 3.27. The predicted molar refractivity (Wildman–Crippen MR) is 107 cm³/mol. The van der Waals surface area contributed by atoms with E-state index in [4.69, 9.17) is 9.47 Å². The average Bonchev–Trinajstić information content (AvgIpc) is 2.83. The maximum Gasteiger partial charge on any atom is 0.259 e. The smallest absolute Gasteiger partial charge is 0.259 e. The minimum Gasteiger partial charge on any atom is -0.496 e. The van der Waals surface area contributed by atoms with Gasteiger partial charge < -0.3 is 20.1 Å². The zero-order chi connectivity index (χ0) is 19.7. The van der Waals surface area contributed by atoms with Gasteiger partial charge in [-0.15, -0.1) is 0 Å². The Balaban J connectivity index is 1.63. The quantitative estimate of drug-likeness (QED) is 0.702. The molecule has 0 aromatic heterocycles. The summed E-state index contributed by atoms with van der Waals surface area (Å²) in [4.78, 5) is 25.3. The molecule has 140 valence electrons. The van der Waals surface area contributed by atoms with E-state index in [1.165, 1.54) is 7.11 Å². The SMILES string of the molecule is COc1ccccc1C(=O)Nc1ccc2c(c1)C(=O)Nc1cc(C)ccc1O2. The van der Waals surface area contributed by atoms with E-state index in [9.17, 15) is 9.59 Å². The number of hydrogen-bond donors (Lipinski definition) is 2. The minimum absolute atomic E-state index is 0.298. The van der Waals surface area contributed by atoms with Gasteiger partial charge in [-0.25, -0.2) is 0 Å². The van der Waals surface area contributed by atoms with Crippen molar-refractivity contribution in [2.24, 2.45) is 0 Å². The molecular formula is C22H18N2O4. The number of carbonyl (C=O) groups excluding carboxylic acids is 2. The van der Waals surface area contributed by atoms with Crippen molar-refractivity contribution < 1.29 is 19.1 Å². The van der Waals surface area contributed by atoms with E-state index in [1.807, 2.05) is 25.1 Å². The fourth-order valence-electron chi connectivity index (χ4n) is 3.04. The van der Waals surface area contributed by atoms with Crippen molar-refractivity contribution in [2.75, 3.05) is 17.7 Å². The lowest BCUT2D eigenvalue weighted by Gasteiger charge is -2.11. The molecule has 0 bridgehead atoms. The molecule has 3 aromatic carbocycles. The number of para-hydroxylation sites is 1. The van der Waals surface area contributed by atoms with Crippen LogP contribution < -0.4 is 20.1 Å². The van der Waals surface area contributed by atoms with Crippen LogP contribution in [0.15, 0.2) is 60.7 Å². The van der Waals surface area contributed by atoms with Gasteiger partial charge in [0.1, 0.15) is 11.5 Å². The van der Waals surface area contributed by atoms with E-state index in [-0.39, 0.29) is 11.8 Å². The third-order valence-electron chi connectivity index (χ3n) is 4.44. The first-order valence-electron chi connectivity index (χ1n) is 8.73. The highest BCUT2D eigenvalue weighted by Crippen LogP contribution is 2.37. The number of carbonyl (C=O) groups is 2.